The summed E-state index contributed by atoms with van der Waals surface area (Å²) in [6.45, 7) is 3.45. The minimum absolute atomic E-state index is 0.0551. The first-order chi connectivity index (χ1) is 10.5. The van der Waals surface area contributed by atoms with E-state index in [2.05, 4.69) is 10.6 Å². The fourth-order valence-electron chi connectivity index (χ4n) is 1.94. The van der Waals surface area contributed by atoms with E-state index in [1.165, 1.54) is 18.7 Å². The molecule has 0 heterocycles. The predicted octanol–water partition coefficient (Wildman–Crippen LogP) is 3.68. The van der Waals surface area contributed by atoms with Crippen LogP contribution in [0, 0.1) is 6.92 Å². The van der Waals surface area contributed by atoms with Gasteiger partial charge in [0, 0.05) is 23.2 Å². The molecule has 0 bridgehead atoms. The Morgan fingerprint density at radius 3 is 2.36 bits per heavy atom. The first-order valence-corrected chi connectivity index (χ1v) is 7.88. The number of nitrogens with one attached hydrogen (secondary N) is 2. The molecule has 114 valence electrons. The molecule has 0 spiro atoms. The average Bonchev–Trinajstić information content (AvgIpc) is 2.45. The highest BCUT2D eigenvalue weighted by atomic mass is 32.2. The van der Waals surface area contributed by atoms with Gasteiger partial charge in [-0.25, -0.2) is 0 Å². The van der Waals surface area contributed by atoms with Crippen LogP contribution in [0.25, 0.3) is 0 Å². The van der Waals surface area contributed by atoms with Crippen molar-refractivity contribution in [1.29, 1.82) is 0 Å². The molecule has 0 radical (unpaired) electrons. The fraction of sp³-hybridized carbons (Fsp3) is 0.176. The fourth-order valence-corrected chi connectivity index (χ4v) is 2.69. The molecule has 2 amide bonds. The highest BCUT2D eigenvalue weighted by Gasteiger charge is 2.05. The first kappa shape index (κ1) is 16.1. The number of amides is 2. The van der Waals surface area contributed by atoms with E-state index in [1.807, 2.05) is 55.5 Å². The minimum atomic E-state index is -0.112. The van der Waals surface area contributed by atoms with Crippen LogP contribution in [0.2, 0.25) is 0 Å². The third kappa shape index (κ3) is 5.26. The maximum atomic E-state index is 12.0. The van der Waals surface area contributed by atoms with Gasteiger partial charge in [0.1, 0.15) is 0 Å². The van der Waals surface area contributed by atoms with Crippen LogP contribution >= 0.6 is 11.8 Å². The van der Waals surface area contributed by atoms with Crippen LogP contribution in [-0.2, 0) is 9.59 Å². The quantitative estimate of drug-likeness (QED) is 0.828. The average molecular weight is 314 g/mol. The zero-order valence-corrected chi connectivity index (χ0v) is 13.4. The standard InChI is InChI=1S/C17H18N2O2S/c1-12-5-3-6-14(9-12)19-17(21)11-22-16-8-4-7-15(10-16)18-13(2)20/h3-10H,11H2,1-2H3,(H,18,20)(H,19,21). The molecule has 2 N–H and O–H groups in total. The van der Waals surface area contributed by atoms with Crippen molar-refractivity contribution in [2.75, 3.05) is 16.4 Å². The molecule has 2 aromatic rings. The highest BCUT2D eigenvalue weighted by Crippen LogP contribution is 2.22. The van der Waals surface area contributed by atoms with Gasteiger partial charge in [-0.2, -0.15) is 0 Å². The van der Waals surface area contributed by atoms with Crippen molar-refractivity contribution in [2.24, 2.45) is 0 Å². The lowest BCUT2D eigenvalue weighted by atomic mass is 10.2. The van der Waals surface area contributed by atoms with Crippen molar-refractivity contribution < 1.29 is 9.59 Å². The molecule has 22 heavy (non-hydrogen) atoms. The summed E-state index contributed by atoms with van der Waals surface area (Å²) in [5.41, 5.74) is 2.64. The summed E-state index contributed by atoms with van der Waals surface area (Å²) in [7, 11) is 0. The van der Waals surface area contributed by atoms with Gasteiger partial charge in [-0.1, -0.05) is 18.2 Å². The molecule has 0 aromatic heterocycles. The number of aryl methyl sites for hydroxylation is 1. The summed E-state index contributed by atoms with van der Waals surface area (Å²) >= 11 is 1.43. The van der Waals surface area contributed by atoms with Gasteiger partial charge in [0.2, 0.25) is 11.8 Å². The number of carbonyl (C=O) groups excluding carboxylic acids is 2. The lowest BCUT2D eigenvalue weighted by Gasteiger charge is -2.07. The molecule has 5 heteroatoms. The number of hydrogen-bond donors (Lipinski definition) is 2. The Bertz CT molecular complexity index is 686. The van der Waals surface area contributed by atoms with Gasteiger partial charge in [-0.15, -0.1) is 11.8 Å². The minimum Gasteiger partial charge on any atom is -0.326 e. The van der Waals surface area contributed by atoms with E-state index in [9.17, 15) is 9.59 Å². The maximum Gasteiger partial charge on any atom is 0.234 e. The summed E-state index contributed by atoms with van der Waals surface area (Å²) in [5.74, 6) is 0.150. The van der Waals surface area contributed by atoms with E-state index in [0.717, 1.165) is 21.8 Å². The molecule has 0 atom stereocenters. The Labute approximate surface area is 134 Å². The van der Waals surface area contributed by atoms with Gasteiger partial charge in [0.25, 0.3) is 0 Å². The van der Waals surface area contributed by atoms with Crippen LogP contribution in [0.3, 0.4) is 0 Å². The summed E-state index contributed by atoms with van der Waals surface area (Å²) in [6.07, 6.45) is 0. The van der Waals surface area contributed by atoms with Crippen LogP contribution in [0.1, 0.15) is 12.5 Å². The number of hydrogen-bond acceptors (Lipinski definition) is 3. The van der Waals surface area contributed by atoms with E-state index in [4.69, 9.17) is 0 Å². The number of benzene rings is 2. The molecule has 0 aliphatic rings. The number of thioether (sulfide) groups is 1. The molecule has 2 aromatic carbocycles. The Morgan fingerprint density at radius 1 is 1.00 bits per heavy atom. The second-order valence-corrected chi connectivity index (χ2v) is 5.96. The Hall–Kier alpha value is -2.27. The maximum absolute atomic E-state index is 12.0. The smallest absolute Gasteiger partial charge is 0.234 e. The third-order valence-corrected chi connectivity index (χ3v) is 3.82. The third-order valence-electron chi connectivity index (χ3n) is 2.83. The zero-order valence-electron chi connectivity index (χ0n) is 12.6. The van der Waals surface area contributed by atoms with E-state index < -0.39 is 0 Å². The zero-order chi connectivity index (χ0) is 15.9. The van der Waals surface area contributed by atoms with Crippen LogP contribution in [0.4, 0.5) is 11.4 Å². The predicted molar refractivity (Wildman–Crippen MR) is 91.3 cm³/mol. The monoisotopic (exact) mass is 314 g/mol. The summed E-state index contributed by atoms with van der Waals surface area (Å²) in [6, 6.07) is 15.1. The molecular formula is C17H18N2O2S. The van der Waals surface area contributed by atoms with Crippen molar-refractivity contribution in [2.45, 2.75) is 18.7 Å². The van der Waals surface area contributed by atoms with E-state index in [-0.39, 0.29) is 11.8 Å². The summed E-state index contributed by atoms with van der Waals surface area (Å²) in [5, 5.41) is 5.60. The topological polar surface area (TPSA) is 58.2 Å². The SMILES string of the molecule is CC(=O)Nc1cccc(SCC(=O)Nc2cccc(C)c2)c1. The van der Waals surface area contributed by atoms with Crippen molar-refractivity contribution in [3.05, 3.63) is 54.1 Å². The summed E-state index contributed by atoms with van der Waals surface area (Å²) < 4.78 is 0. The Balaban J connectivity index is 1.89. The van der Waals surface area contributed by atoms with E-state index in [0.29, 0.717) is 5.75 Å². The van der Waals surface area contributed by atoms with E-state index >= 15 is 0 Å². The van der Waals surface area contributed by atoms with Gasteiger partial charge in [0.15, 0.2) is 0 Å². The Kier molecular flexibility index (Phi) is 5.61. The Morgan fingerprint density at radius 2 is 1.68 bits per heavy atom. The van der Waals surface area contributed by atoms with Crippen molar-refractivity contribution in [3.8, 4) is 0 Å². The van der Waals surface area contributed by atoms with Gasteiger partial charge in [-0.3, -0.25) is 9.59 Å². The summed E-state index contributed by atoms with van der Waals surface area (Å²) in [4.78, 5) is 23.9. The highest BCUT2D eigenvalue weighted by molar-refractivity contribution is 8.00. The largest absolute Gasteiger partial charge is 0.326 e. The van der Waals surface area contributed by atoms with Crippen LogP contribution < -0.4 is 10.6 Å². The normalized spacial score (nSPS) is 10.1. The second-order valence-electron chi connectivity index (χ2n) is 4.92. The molecule has 2 rings (SSSR count). The second kappa shape index (κ2) is 7.66. The van der Waals surface area contributed by atoms with Crippen LogP contribution in [-0.4, -0.2) is 17.6 Å². The lowest BCUT2D eigenvalue weighted by Crippen LogP contribution is -2.14. The van der Waals surface area contributed by atoms with Gasteiger partial charge < -0.3 is 10.6 Å². The van der Waals surface area contributed by atoms with Crippen LogP contribution in [0.15, 0.2) is 53.4 Å². The number of anilines is 2. The molecule has 0 saturated carbocycles. The van der Waals surface area contributed by atoms with Gasteiger partial charge in [-0.05, 0) is 42.8 Å². The van der Waals surface area contributed by atoms with Crippen molar-refractivity contribution in [3.63, 3.8) is 0 Å². The van der Waals surface area contributed by atoms with Crippen molar-refractivity contribution >= 4 is 35.0 Å². The lowest BCUT2D eigenvalue weighted by molar-refractivity contribution is -0.114. The van der Waals surface area contributed by atoms with E-state index in [1.54, 1.807) is 0 Å². The van der Waals surface area contributed by atoms with Crippen molar-refractivity contribution in [1.82, 2.24) is 0 Å². The van der Waals surface area contributed by atoms with Gasteiger partial charge >= 0.3 is 0 Å². The molecule has 0 aliphatic carbocycles. The molecule has 0 unspecified atom stereocenters. The number of carbonyl (C=O) groups is 2. The molecule has 0 fully saturated rings. The van der Waals surface area contributed by atoms with Gasteiger partial charge in [0.05, 0.1) is 5.75 Å². The number of rotatable bonds is 5. The molecule has 0 aliphatic heterocycles. The first-order valence-electron chi connectivity index (χ1n) is 6.90. The molecule has 0 saturated heterocycles. The molecule has 4 nitrogen and oxygen atoms in total. The van der Waals surface area contributed by atoms with Crippen LogP contribution in [0.5, 0.6) is 0 Å². The molecular weight excluding hydrogens is 296 g/mol.